The fourth-order valence-corrected chi connectivity index (χ4v) is 4.01. The first kappa shape index (κ1) is 23.7. The number of rotatable bonds is 6. The summed E-state index contributed by atoms with van der Waals surface area (Å²) >= 11 is 0. The summed E-state index contributed by atoms with van der Waals surface area (Å²) in [6.45, 7) is 8.33. The van der Waals surface area contributed by atoms with Crippen LogP contribution >= 0.6 is 0 Å². The number of fused-ring (bicyclic) bond motifs is 1. The number of aryl methyl sites for hydroxylation is 1. The van der Waals surface area contributed by atoms with E-state index in [9.17, 15) is 14.7 Å². The van der Waals surface area contributed by atoms with Gasteiger partial charge in [0.2, 0.25) is 11.8 Å². The number of aliphatic hydroxyl groups excluding tert-OH is 1. The smallest absolute Gasteiger partial charge is 0.259 e. The topological polar surface area (TPSA) is 83.0 Å². The van der Waals surface area contributed by atoms with Crippen molar-refractivity contribution in [2.75, 3.05) is 26.7 Å². The number of amides is 2. The van der Waals surface area contributed by atoms with Crippen LogP contribution in [0.2, 0.25) is 0 Å². The van der Waals surface area contributed by atoms with Gasteiger partial charge in [0.15, 0.2) is 0 Å². The number of benzene rings is 1. The van der Waals surface area contributed by atoms with E-state index in [-0.39, 0.29) is 42.4 Å². The molecule has 0 fully saturated rings. The maximum Gasteiger partial charge on any atom is 0.259 e. The van der Waals surface area contributed by atoms with E-state index in [1.165, 1.54) is 0 Å². The van der Waals surface area contributed by atoms with Crippen molar-refractivity contribution in [1.82, 2.24) is 14.8 Å². The van der Waals surface area contributed by atoms with E-state index < -0.39 is 0 Å². The first-order valence-electron chi connectivity index (χ1n) is 11.1. The van der Waals surface area contributed by atoms with Gasteiger partial charge >= 0.3 is 0 Å². The number of aliphatic hydroxyl groups is 1. The van der Waals surface area contributed by atoms with Gasteiger partial charge in [-0.05, 0) is 31.0 Å². The van der Waals surface area contributed by atoms with E-state index in [2.05, 4.69) is 4.98 Å². The van der Waals surface area contributed by atoms with E-state index >= 15 is 0 Å². The van der Waals surface area contributed by atoms with Crippen molar-refractivity contribution < 1.29 is 19.4 Å². The third-order valence-corrected chi connectivity index (χ3v) is 6.16. The van der Waals surface area contributed by atoms with Gasteiger partial charge in [-0.25, -0.2) is 4.98 Å². The lowest BCUT2D eigenvalue weighted by Gasteiger charge is -2.37. The van der Waals surface area contributed by atoms with Crippen LogP contribution in [-0.2, 0) is 4.79 Å². The molecule has 1 aromatic carbocycles. The monoisotopic (exact) mass is 439 g/mol. The third-order valence-electron chi connectivity index (χ3n) is 6.16. The summed E-state index contributed by atoms with van der Waals surface area (Å²) < 4.78 is 6.25. The van der Waals surface area contributed by atoms with Gasteiger partial charge in [0.05, 0.1) is 19.2 Å². The molecule has 32 heavy (non-hydrogen) atoms. The SMILES string of the molecule is CCC(=O)N(C)C[C@H]1Oc2ncc(-c3ccccc3C)cc2C(=O)N([C@@H](C)CO)C[C@@H]1C. The predicted molar refractivity (Wildman–Crippen MR) is 124 cm³/mol. The van der Waals surface area contributed by atoms with Gasteiger partial charge in [0, 0.05) is 37.7 Å². The van der Waals surface area contributed by atoms with Crippen LogP contribution in [0.5, 0.6) is 5.88 Å². The molecule has 0 saturated heterocycles. The van der Waals surface area contributed by atoms with E-state index in [4.69, 9.17) is 4.74 Å². The van der Waals surface area contributed by atoms with Crippen molar-refractivity contribution in [2.45, 2.75) is 46.3 Å². The second-order valence-corrected chi connectivity index (χ2v) is 8.64. The Kier molecular flexibility index (Phi) is 7.51. The number of nitrogens with zero attached hydrogens (tertiary/aromatic N) is 3. The molecule has 1 aliphatic heterocycles. The molecule has 1 N–H and O–H groups in total. The summed E-state index contributed by atoms with van der Waals surface area (Å²) in [5.74, 6) is 0.0118. The minimum absolute atomic E-state index is 0.0302. The lowest BCUT2D eigenvalue weighted by atomic mass is 9.98. The largest absolute Gasteiger partial charge is 0.472 e. The van der Waals surface area contributed by atoms with Gasteiger partial charge < -0.3 is 19.6 Å². The number of carbonyl (C=O) groups excluding carboxylic acids is 2. The molecule has 1 aliphatic rings. The van der Waals surface area contributed by atoms with Crippen LogP contribution in [0.1, 0.15) is 43.1 Å². The summed E-state index contributed by atoms with van der Waals surface area (Å²) in [7, 11) is 1.76. The molecule has 3 atom stereocenters. The average molecular weight is 440 g/mol. The minimum Gasteiger partial charge on any atom is -0.472 e. The second-order valence-electron chi connectivity index (χ2n) is 8.64. The van der Waals surface area contributed by atoms with Crippen LogP contribution in [0.25, 0.3) is 11.1 Å². The van der Waals surface area contributed by atoms with Crippen molar-refractivity contribution >= 4 is 11.8 Å². The fraction of sp³-hybridized carbons (Fsp3) is 0.480. The highest BCUT2D eigenvalue weighted by atomic mass is 16.5. The minimum atomic E-state index is -0.353. The normalized spacial score (nSPS) is 19.4. The Balaban J connectivity index is 2.05. The Morgan fingerprint density at radius 3 is 2.72 bits per heavy atom. The number of hydrogen-bond donors (Lipinski definition) is 1. The predicted octanol–water partition coefficient (Wildman–Crippen LogP) is 3.15. The third kappa shape index (κ3) is 4.93. The summed E-state index contributed by atoms with van der Waals surface area (Å²) in [6.07, 6.45) is 1.80. The van der Waals surface area contributed by atoms with Crippen molar-refractivity contribution in [3.63, 3.8) is 0 Å². The molecule has 7 heteroatoms. The number of pyridine rings is 1. The summed E-state index contributed by atoms with van der Waals surface area (Å²) in [6, 6.07) is 9.40. The Bertz CT molecular complexity index is 977. The van der Waals surface area contributed by atoms with Crippen LogP contribution in [0.4, 0.5) is 0 Å². The number of ether oxygens (including phenoxy) is 1. The average Bonchev–Trinajstić information content (AvgIpc) is 2.80. The van der Waals surface area contributed by atoms with E-state index in [0.717, 1.165) is 16.7 Å². The maximum absolute atomic E-state index is 13.5. The lowest BCUT2D eigenvalue weighted by molar-refractivity contribution is -0.131. The molecule has 2 aromatic rings. The van der Waals surface area contributed by atoms with Crippen molar-refractivity contribution in [1.29, 1.82) is 0 Å². The first-order chi connectivity index (χ1) is 15.3. The van der Waals surface area contributed by atoms with Crippen LogP contribution in [0.15, 0.2) is 36.5 Å². The van der Waals surface area contributed by atoms with Gasteiger partial charge in [-0.3, -0.25) is 9.59 Å². The van der Waals surface area contributed by atoms with Crippen molar-refractivity contribution in [3.05, 3.63) is 47.7 Å². The Morgan fingerprint density at radius 2 is 2.06 bits per heavy atom. The maximum atomic E-state index is 13.5. The van der Waals surface area contributed by atoms with Crippen LogP contribution in [0, 0.1) is 12.8 Å². The van der Waals surface area contributed by atoms with Gasteiger partial charge in [-0.1, -0.05) is 38.1 Å². The zero-order chi connectivity index (χ0) is 23.4. The van der Waals surface area contributed by atoms with E-state index in [1.807, 2.05) is 58.0 Å². The first-order valence-corrected chi connectivity index (χ1v) is 11.1. The van der Waals surface area contributed by atoms with E-state index in [0.29, 0.717) is 25.1 Å². The standard InChI is InChI=1S/C25H33N3O4/c1-6-23(30)27(5)14-22-17(3)13-28(18(4)15-29)25(31)21-11-19(12-26-24(21)32-22)20-10-8-7-9-16(20)2/h7-12,17-18,22,29H,6,13-15H2,1-5H3/t17-,18-,22+/m0/s1. The lowest BCUT2D eigenvalue weighted by Crippen LogP contribution is -2.50. The molecule has 0 unspecified atom stereocenters. The number of carbonyl (C=O) groups is 2. The Labute approximate surface area is 190 Å². The molecule has 1 aromatic heterocycles. The fourth-order valence-electron chi connectivity index (χ4n) is 4.01. The number of hydrogen-bond acceptors (Lipinski definition) is 5. The highest BCUT2D eigenvalue weighted by Gasteiger charge is 2.34. The second kappa shape index (κ2) is 10.1. The Hall–Kier alpha value is -2.93. The zero-order valence-corrected chi connectivity index (χ0v) is 19.5. The van der Waals surface area contributed by atoms with Gasteiger partial charge in [-0.2, -0.15) is 0 Å². The highest BCUT2D eigenvalue weighted by molar-refractivity contribution is 5.98. The molecule has 3 rings (SSSR count). The molecule has 0 bridgehead atoms. The van der Waals surface area contributed by atoms with E-state index in [1.54, 1.807) is 23.0 Å². The number of likely N-dealkylation sites (N-methyl/N-ethyl adjacent to an activating group) is 1. The molecule has 0 saturated carbocycles. The van der Waals surface area contributed by atoms with Gasteiger partial charge in [0.1, 0.15) is 11.7 Å². The Morgan fingerprint density at radius 1 is 1.34 bits per heavy atom. The summed E-state index contributed by atoms with van der Waals surface area (Å²) in [5.41, 5.74) is 3.28. The molecule has 2 amide bonds. The van der Waals surface area contributed by atoms with Crippen molar-refractivity contribution in [2.24, 2.45) is 5.92 Å². The molecular weight excluding hydrogens is 406 g/mol. The molecular formula is C25H33N3O4. The summed E-state index contributed by atoms with van der Waals surface area (Å²) in [5, 5.41) is 9.79. The zero-order valence-electron chi connectivity index (χ0n) is 19.5. The van der Waals surface area contributed by atoms with Crippen LogP contribution in [0.3, 0.4) is 0 Å². The van der Waals surface area contributed by atoms with Gasteiger partial charge in [-0.15, -0.1) is 0 Å². The molecule has 0 aliphatic carbocycles. The number of aromatic nitrogens is 1. The van der Waals surface area contributed by atoms with Crippen molar-refractivity contribution in [3.8, 4) is 17.0 Å². The molecule has 0 spiro atoms. The quantitative estimate of drug-likeness (QED) is 0.748. The van der Waals surface area contributed by atoms with Gasteiger partial charge in [0.25, 0.3) is 5.91 Å². The molecule has 2 heterocycles. The highest BCUT2D eigenvalue weighted by Crippen LogP contribution is 2.31. The summed E-state index contributed by atoms with van der Waals surface area (Å²) in [4.78, 5) is 33.5. The molecule has 7 nitrogen and oxygen atoms in total. The van der Waals surface area contributed by atoms with Crippen LogP contribution in [-0.4, -0.2) is 70.6 Å². The van der Waals surface area contributed by atoms with Crippen LogP contribution < -0.4 is 4.74 Å². The molecule has 172 valence electrons. The molecule has 0 radical (unpaired) electrons.